The highest BCUT2D eigenvalue weighted by Crippen LogP contribution is 2.47. The van der Waals surface area contributed by atoms with Crippen LogP contribution in [0.4, 0.5) is 20.3 Å². The molecular formula is C28H29F2N5O5. The van der Waals surface area contributed by atoms with E-state index in [1.165, 1.54) is 6.07 Å². The van der Waals surface area contributed by atoms with Crippen LogP contribution in [0, 0.1) is 5.92 Å². The first-order valence-corrected chi connectivity index (χ1v) is 12.8. The van der Waals surface area contributed by atoms with E-state index in [1.807, 2.05) is 12.1 Å². The summed E-state index contributed by atoms with van der Waals surface area (Å²) in [6.07, 6.45) is 2.30. The van der Waals surface area contributed by atoms with Crippen molar-refractivity contribution in [2.24, 2.45) is 5.92 Å². The van der Waals surface area contributed by atoms with Gasteiger partial charge < -0.3 is 30.9 Å². The van der Waals surface area contributed by atoms with Gasteiger partial charge in [-0.05, 0) is 59.4 Å². The van der Waals surface area contributed by atoms with Crippen LogP contribution in [0.5, 0.6) is 5.75 Å². The second-order valence-corrected chi connectivity index (χ2v) is 10.0. The number of nitrogens with zero attached hydrogens (tertiary/aromatic N) is 3. The van der Waals surface area contributed by atoms with Crippen molar-refractivity contribution < 1.29 is 33.3 Å². The van der Waals surface area contributed by atoms with Gasteiger partial charge in [-0.1, -0.05) is 12.1 Å². The molecule has 2 aromatic heterocycles. The maximum absolute atomic E-state index is 14.8. The van der Waals surface area contributed by atoms with Gasteiger partial charge in [0.15, 0.2) is 12.2 Å². The van der Waals surface area contributed by atoms with Crippen molar-refractivity contribution in [2.75, 3.05) is 30.7 Å². The molecule has 40 heavy (non-hydrogen) atoms. The molecule has 4 atom stereocenters. The molecule has 0 bridgehead atoms. The number of likely N-dealkylation sites (tertiary alicyclic amines) is 1. The lowest BCUT2D eigenvalue weighted by atomic mass is 10.0. The summed E-state index contributed by atoms with van der Waals surface area (Å²) < 4.78 is 35.1. The van der Waals surface area contributed by atoms with E-state index >= 15 is 0 Å². The second-order valence-electron chi connectivity index (χ2n) is 10.0. The number of nitrogen functional groups attached to an aromatic ring is 1. The molecule has 3 aromatic rings. The van der Waals surface area contributed by atoms with Crippen LogP contribution in [-0.2, 0) is 9.59 Å². The van der Waals surface area contributed by atoms with Crippen LogP contribution in [0.3, 0.4) is 0 Å². The quantitative estimate of drug-likeness (QED) is 0.311. The summed E-state index contributed by atoms with van der Waals surface area (Å²) in [5.74, 6) is -4.04. The van der Waals surface area contributed by atoms with Crippen LogP contribution in [-0.4, -0.2) is 74.7 Å². The number of benzene rings is 1. The number of anilines is 2. The Morgan fingerprint density at radius 3 is 2.70 bits per heavy atom. The summed E-state index contributed by atoms with van der Waals surface area (Å²) in [6, 6.07) is 12.0. The van der Waals surface area contributed by atoms with Gasteiger partial charge in [0.05, 0.1) is 18.8 Å². The summed E-state index contributed by atoms with van der Waals surface area (Å²) in [5, 5.41) is 21.3. The number of halogens is 2. The molecule has 0 radical (unpaired) electrons. The van der Waals surface area contributed by atoms with Crippen LogP contribution in [0.1, 0.15) is 24.3 Å². The molecule has 1 aliphatic heterocycles. The van der Waals surface area contributed by atoms with Crippen molar-refractivity contribution in [2.45, 2.75) is 36.9 Å². The number of aliphatic hydroxyl groups excluding tert-OH is 2. The Morgan fingerprint density at radius 2 is 2.00 bits per heavy atom. The van der Waals surface area contributed by atoms with E-state index in [0.717, 1.165) is 16.9 Å². The molecular weight excluding hydrogens is 524 g/mol. The molecule has 1 aromatic carbocycles. The van der Waals surface area contributed by atoms with Gasteiger partial charge in [-0.15, -0.1) is 0 Å². The highest BCUT2D eigenvalue weighted by molar-refractivity contribution is 5.95. The molecule has 1 saturated carbocycles. The maximum Gasteiger partial charge on any atom is 0.301 e. The van der Waals surface area contributed by atoms with Gasteiger partial charge in [0.25, 0.3) is 5.91 Å². The van der Waals surface area contributed by atoms with Crippen molar-refractivity contribution in [1.82, 2.24) is 14.9 Å². The van der Waals surface area contributed by atoms with Gasteiger partial charge in [0.2, 0.25) is 5.91 Å². The Hall–Kier alpha value is -4.16. The van der Waals surface area contributed by atoms with Gasteiger partial charge in [0, 0.05) is 37.5 Å². The molecule has 210 valence electrons. The number of pyridine rings is 2. The number of carbonyl (C=O) groups excluding carboxylic acids is 2. The van der Waals surface area contributed by atoms with E-state index in [9.17, 15) is 23.5 Å². The molecule has 5 N–H and O–H groups in total. The zero-order chi connectivity index (χ0) is 28.4. The van der Waals surface area contributed by atoms with Gasteiger partial charge in [0.1, 0.15) is 11.6 Å². The zero-order valence-electron chi connectivity index (χ0n) is 21.4. The molecule has 2 amide bonds. The highest BCUT2D eigenvalue weighted by atomic mass is 19.3. The molecule has 1 aliphatic carbocycles. The number of alkyl halides is 2. The Bertz CT molecular complexity index is 1390. The van der Waals surface area contributed by atoms with Crippen molar-refractivity contribution >= 4 is 23.3 Å². The number of nitrogens with one attached hydrogen (secondary N) is 1. The van der Waals surface area contributed by atoms with E-state index in [0.29, 0.717) is 16.9 Å². The lowest BCUT2D eigenvalue weighted by molar-refractivity contribution is -0.167. The fourth-order valence-electron chi connectivity index (χ4n) is 4.88. The largest absolute Gasteiger partial charge is 0.482 e. The monoisotopic (exact) mass is 553 g/mol. The number of nitrogens with two attached hydrogens (primary N) is 1. The Morgan fingerprint density at radius 1 is 1.20 bits per heavy atom. The van der Waals surface area contributed by atoms with E-state index in [2.05, 4.69) is 15.3 Å². The second kappa shape index (κ2) is 11.1. The first-order chi connectivity index (χ1) is 19.2. The predicted molar refractivity (Wildman–Crippen MR) is 141 cm³/mol. The summed E-state index contributed by atoms with van der Waals surface area (Å²) in [6.45, 7) is -1.85. The van der Waals surface area contributed by atoms with Crippen molar-refractivity contribution in [3.8, 4) is 16.9 Å². The minimum absolute atomic E-state index is 0.0660. The van der Waals surface area contributed by atoms with E-state index < -0.39 is 37.2 Å². The number of hydrogen-bond acceptors (Lipinski definition) is 8. The average Bonchev–Trinajstić information content (AvgIpc) is 3.76. The number of aliphatic hydroxyl groups is 2. The molecule has 5 rings (SSSR count). The zero-order valence-corrected chi connectivity index (χ0v) is 21.4. The van der Waals surface area contributed by atoms with Crippen molar-refractivity contribution in [1.29, 1.82) is 0 Å². The number of amides is 2. The van der Waals surface area contributed by atoms with Gasteiger partial charge in [-0.2, -0.15) is 0 Å². The third-order valence-electron chi connectivity index (χ3n) is 7.17. The topological polar surface area (TPSA) is 151 Å². The van der Waals surface area contributed by atoms with Crippen LogP contribution >= 0.6 is 0 Å². The van der Waals surface area contributed by atoms with Crippen LogP contribution in [0.25, 0.3) is 11.1 Å². The SMILES string of the molecule is Nc1cc(-c2ccnc(NC(=O)C3CC3c3cccnc3)c2)ccc1OC1CCN(C(=O)C(O)CO)CC1(F)F. The smallest absolute Gasteiger partial charge is 0.301 e. The van der Waals surface area contributed by atoms with E-state index in [1.54, 1.807) is 42.9 Å². The van der Waals surface area contributed by atoms with Gasteiger partial charge in [-0.3, -0.25) is 14.6 Å². The minimum Gasteiger partial charge on any atom is -0.482 e. The first kappa shape index (κ1) is 27.4. The lowest BCUT2D eigenvalue weighted by Gasteiger charge is -2.38. The summed E-state index contributed by atoms with van der Waals surface area (Å²) in [5.41, 5.74) is 8.70. The summed E-state index contributed by atoms with van der Waals surface area (Å²) in [4.78, 5) is 33.9. The van der Waals surface area contributed by atoms with Crippen molar-refractivity contribution in [3.05, 3.63) is 66.6 Å². The number of ether oxygens (including phenoxy) is 1. The molecule has 2 aliphatic rings. The Kier molecular flexibility index (Phi) is 7.63. The lowest BCUT2D eigenvalue weighted by Crippen LogP contribution is -2.57. The summed E-state index contributed by atoms with van der Waals surface area (Å²) >= 11 is 0. The fourth-order valence-corrected chi connectivity index (χ4v) is 4.88. The Labute approximate surface area is 228 Å². The number of rotatable bonds is 8. The van der Waals surface area contributed by atoms with Crippen LogP contribution < -0.4 is 15.8 Å². The minimum atomic E-state index is -3.40. The molecule has 1 saturated heterocycles. The first-order valence-electron chi connectivity index (χ1n) is 12.8. The van der Waals surface area contributed by atoms with E-state index in [4.69, 9.17) is 15.6 Å². The molecule has 2 fully saturated rings. The predicted octanol–water partition coefficient (Wildman–Crippen LogP) is 2.44. The van der Waals surface area contributed by atoms with Gasteiger partial charge in [-0.25, -0.2) is 13.8 Å². The third kappa shape index (κ3) is 5.87. The molecule has 10 nitrogen and oxygen atoms in total. The number of piperidine rings is 1. The molecule has 0 spiro atoms. The number of carbonyl (C=O) groups is 2. The van der Waals surface area contributed by atoms with Crippen LogP contribution in [0.15, 0.2) is 61.1 Å². The number of aromatic nitrogens is 2. The van der Waals surface area contributed by atoms with Crippen LogP contribution in [0.2, 0.25) is 0 Å². The highest BCUT2D eigenvalue weighted by Gasteiger charge is 2.48. The van der Waals surface area contributed by atoms with E-state index in [-0.39, 0.29) is 42.1 Å². The Balaban J connectivity index is 1.22. The summed E-state index contributed by atoms with van der Waals surface area (Å²) in [7, 11) is 0. The fraction of sp³-hybridized carbons (Fsp3) is 0.357. The molecule has 3 heterocycles. The number of hydrogen-bond donors (Lipinski definition) is 4. The third-order valence-corrected chi connectivity index (χ3v) is 7.17. The molecule has 12 heteroatoms. The van der Waals surface area contributed by atoms with Gasteiger partial charge >= 0.3 is 5.92 Å². The maximum atomic E-state index is 14.8. The van der Waals surface area contributed by atoms with Crippen molar-refractivity contribution in [3.63, 3.8) is 0 Å². The standard InChI is InChI=1S/C28H29F2N5O5/c29-28(30)15-35(27(39)22(37)14-36)9-6-24(28)40-23-4-3-16(10-21(23)31)17-5-8-33-25(11-17)34-26(38)20-12-19(20)18-2-1-7-32-13-18/h1-5,7-8,10-11,13,19-20,22,24,36-37H,6,9,12,14-15,31H2,(H,33,34,38). The molecule has 4 unspecified atom stereocenters. The normalized spacial score (nSPS) is 22.3. The average molecular weight is 554 g/mol.